The summed E-state index contributed by atoms with van der Waals surface area (Å²) < 4.78 is 41.8. The van der Waals surface area contributed by atoms with Crippen molar-refractivity contribution in [2.75, 3.05) is 0 Å². The number of amides is 1. The molecule has 11 heteroatoms. The monoisotopic (exact) mass is 496 g/mol. The minimum absolute atomic E-state index is 0.0215. The lowest BCUT2D eigenvalue weighted by atomic mass is 10.2. The number of H-pyrrole nitrogens is 1. The number of carbonyl (C=O) groups excluding carboxylic acids is 1. The zero-order valence-corrected chi connectivity index (χ0v) is 19.1. The highest BCUT2D eigenvalue weighted by Crippen LogP contribution is 2.13. The van der Waals surface area contributed by atoms with Crippen LogP contribution in [0.4, 0.5) is 4.39 Å². The molecule has 0 aliphatic rings. The Bertz CT molecular complexity index is 1630. The minimum atomic E-state index is -3.89. The van der Waals surface area contributed by atoms with E-state index in [1.54, 1.807) is 36.4 Å². The number of nitrogens with one attached hydrogen (secondary N) is 3. The molecule has 0 saturated carbocycles. The highest BCUT2D eigenvalue weighted by atomic mass is 32.2. The second-order valence-corrected chi connectivity index (χ2v) is 9.51. The minimum Gasteiger partial charge on any atom is -0.350 e. The second-order valence-electron chi connectivity index (χ2n) is 7.75. The molecule has 0 radical (unpaired) electrons. The summed E-state index contributed by atoms with van der Waals surface area (Å²) in [5.74, 6) is -1.06. The van der Waals surface area contributed by atoms with Crippen molar-refractivity contribution in [3.63, 3.8) is 0 Å². The van der Waals surface area contributed by atoms with E-state index in [4.69, 9.17) is 0 Å². The molecule has 3 aromatic carbocycles. The number of carbonyl (C=O) groups is 1. The number of halogens is 1. The van der Waals surface area contributed by atoms with E-state index < -0.39 is 39.5 Å². The maximum Gasteiger partial charge on any atom is 0.329 e. The van der Waals surface area contributed by atoms with Gasteiger partial charge in [-0.1, -0.05) is 36.4 Å². The first kappa shape index (κ1) is 24.0. The standard InChI is InChI=1S/C24H21FN4O5S/c25-18-7-3-5-16(11-18)14-27-35(33,34)19-8-4-6-17(12-19)13-26-22(30)15-29-23(31)20-9-1-2-10-21(20)28-24(29)32/h1-12,27H,13-15H2,(H,26,30)(H,28,32). The van der Waals surface area contributed by atoms with Gasteiger partial charge in [0.15, 0.2) is 0 Å². The van der Waals surface area contributed by atoms with Crippen LogP contribution in [0.15, 0.2) is 87.3 Å². The predicted octanol–water partition coefficient (Wildman–Crippen LogP) is 1.62. The lowest BCUT2D eigenvalue weighted by molar-refractivity contribution is -0.121. The van der Waals surface area contributed by atoms with E-state index in [2.05, 4.69) is 15.0 Å². The van der Waals surface area contributed by atoms with E-state index >= 15 is 0 Å². The summed E-state index contributed by atoms with van der Waals surface area (Å²) in [6.45, 7) is -0.603. The Balaban J connectivity index is 1.42. The first-order valence-corrected chi connectivity index (χ1v) is 12.0. The van der Waals surface area contributed by atoms with E-state index in [1.807, 2.05) is 0 Å². The van der Waals surface area contributed by atoms with Gasteiger partial charge < -0.3 is 10.3 Å². The zero-order chi connectivity index (χ0) is 25.0. The number of fused-ring (bicyclic) bond motifs is 1. The van der Waals surface area contributed by atoms with Crippen LogP contribution in [0.1, 0.15) is 11.1 Å². The fourth-order valence-corrected chi connectivity index (χ4v) is 4.56. The SMILES string of the molecule is O=C(Cn1c(=O)[nH]c2ccccc2c1=O)NCc1cccc(S(=O)(=O)NCc2cccc(F)c2)c1. The highest BCUT2D eigenvalue weighted by molar-refractivity contribution is 7.89. The van der Waals surface area contributed by atoms with Crippen LogP contribution in [0.5, 0.6) is 0 Å². The van der Waals surface area contributed by atoms with Crippen molar-refractivity contribution >= 4 is 26.8 Å². The number of nitrogens with zero attached hydrogens (tertiary/aromatic N) is 1. The fourth-order valence-electron chi connectivity index (χ4n) is 3.47. The third kappa shape index (κ3) is 5.70. The molecule has 4 aromatic rings. The molecule has 0 atom stereocenters. The van der Waals surface area contributed by atoms with Gasteiger partial charge in [-0.2, -0.15) is 0 Å². The van der Waals surface area contributed by atoms with E-state index in [9.17, 15) is 27.2 Å². The summed E-state index contributed by atoms with van der Waals surface area (Å²) in [6.07, 6.45) is 0. The maximum absolute atomic E-state index is 13.3. The van der Waals surface area contributed by atoms with Crippen molar-refractivity contribution in [2.24, 2.45) is 0 Å². The molecule has 0 unspecified atom stereocenters. The van der Waals surface area contributed by atoms with Crippen LogP contribution in [0.25, 0.3) is 10.9 Å². The van der Waals surface area contributed by atoms with Crippen LogP contribution in [-0.2, 0) is 34.5 Å². The van der Waals surface area contributed by atoms with E-state index in [-0.39, 0.29) is 23.4 Å². The molecular formula is C24H21FN4O5S. The Kier molecular flexibility index (Phi) is 6.90. The van der Waals surface area contributed by atoms with Crippen molar-refractivity contribution in [3.05, 3.63) is 111 Å². The summed E-state index contributed by atoms with van der Waals surface area (Å²) in [5.41, 5.74) is 0.0455. The second kappa shape index (κ2) is 10.0. The summed E-state index contributed by atoms with van der Waals surface area (Å²) in [5, 5.41) is 2.87. The number of para-hydroxylation sites is 1. The average Bonchev–Trinajstić information content (AvgIpc) is 2.84. The van der Waals surface area contributed by atoms with E-state index in [0.29, 0.717) is 16.6 Å². The van der Waals surface area contributed by atoms with Gasteiger partial charge in [0.25, 0.3) is 5.56 Å². The first-order valence-electron chi connectivity index (χ1n) is 10.5. The summed E-state index contributed by atoms with van der Waals surface area (Å²) in [6, 6.07) is 18.0. The van der Waals surface area contributed by atoms with Crippen molar-refractivity contribution in [1.29, 1.82) is 0 Å². The molecule has 0 aliphatic carbocycles. The molecule has 4 rings (SSSR count). The maximum atomic E-state index is 13.3. The van der Waals surface area contributed by atoms with Crippen LogP contribution >= 0.6 is 0 Å². The topological polar surface area (TPSA) is 130 Å². The average molecular weight is 497 g/mol. The van der Waals surface area contributed by atoms with Gasteiger partial charge in [-0.3, -0.25) is 14.2 Å². The largest absolute Gasteiger partial charge is 0.350 e. The molecule has 0 bridgehead atoms. The van der Waals surface area contributed by atoms with Gasteiger partial charge in [-0.05, 0) is 47.5 Å². The third-order valence-corrected chi connectivity index (χ3v) is 6.64. The van der Waals surface area contributed by atoms with Crippen LogP contribution in [-0.4, -0.2) is 23.9 Å². The van der Waals surface area contributed by atoms with Gasteiger partial charge >= 0.3 is 5.69 Å². The number of hydrogen-bond acceptors (Lipinski definition) is 5. The van der Waals surface area contributed by atoms with Crippen LogP contribution < -0.4 is 21.3 Å². The number of aromatic nitrogens is 2. The number of hydrogen-bond donors (Lipinski definition) is 3. The number of rotatable bonds is 8. The van der Waals surface area contributed by atoms with Gasteiger partial charge in [-0.25, -0.2) is 22.3 Å². The summed E-state index contributed by atoms with van der Waals surface area (Å²) >= 11 is 0. The lowest BCUT2D eigenvalue weighted by Crippen LogP contribution is -2.40. The Hall–Kier alpha value is -4.09. The fraction of sp³-hybridized carbons (Fsp3) is 0.125. The highest BCUT2D eigenvalue weighted by Gasteiger charge is 2.15. The summed E-state index contributed by atoms with van der Waals surface area (Å²) in [4.78, 5) is 39.7. The molecule has 3 N–H and O–H groups in total. The Morgan fingerprint density at radius 3 is 2.40 bits per heavy atom. The van der Waals surface area contributed by atoms with Gasteiger partial charge in [-0.15, -0.1) is 0 Å². The van der Waals surface area contributed by atoms with Gasteiger partial charge in [0.1, 0.15) is 12.4 Å². The van der Waals surface area contributed by atoms with Crippen LogP contribution in [0, 0.1) is 5.82 Å². The quantitative estimate of drug-likeness (QED) is 0.341. The molecule has 1 aromatic heterocycles. The number of aromatic amines is 1. The number of benzene rings is 3. The zero-order valence-electron chi connectivity index (χ0n) is 18.3. The van der Waals surface area contributed by atoms with Crippen molar-refractivity contribution in [3.8, 4) is 0 Å². The number of sulfonamides is 1. The van der Waals surface area contributed by atoms with Crippen LogP contribution in [0.3, 0.4) is 0 Å². The molecule has 0 saturated heterocycles. The lowest BCUT2D eigenvalue weighted by Gasteiger charge is -2.10. The Labute approximate surface area is 199 Å². The molecule has 180 valence electrons. The molecule has 0 spiro atoms. The van der Waals surface area contributed by atoms with E-state index in [1.165, 1.54) is 36.4 Å². The van der Waals surface area contributed by atoms with Crippen LogP contribution in [0.2, 0.25) is 0 Å². The molecular weight excluding hydrogens is 475 g/mol. The normalized spacial score (nSPS) is 11.5. The molecule has 35 heavy (non-hydrogen) atoms. The van der Waals surface area contributed by atoms with Gasteiger partial charge in [0.2, 0.25) is 15.9 Å². The van der Waals surface area contributed by atoms with Gasteiger partial charge in [0.05, 0.1) is 15.8 Å². The predicted molar refractivity (Wildman–Crippen MR) is 128 cm³/mol. The molecule has 1 amide bonds. The van der Waals surface area contributed by atoms with Crippen molar-refractivity contribution in [2.45, 2.75) is 24.5 Å². The van der Waals surface area contributed by atoms with Gasteiger partial charge in [0, 0.05) is 13.1 Å². The Morgan fingerprint density at radius 2 is 1.63 bits per heavy atom. The molecule has 0 fully saturated rings. The Morgan fingerprint density at radius 1 is 0.914 bits per heavy atom. The molecule has 0 aliphatic heterocycles. The first-order chi connectivity index (χ1) is 16.7. The molecule has 9 nitrogen and oxygen atoms in total. The van der Waals surface area contributed by atoms with Crippen molar-refractivity contribution < 1.29 is 17.6 Å². The third-order valence-electron chi connectivity index (χ3n) is 5.24. The van der Waals surface area contributed by atoms with E-state index in [0.717, 1.165) is 4.57 Å². The molecule has 1 heterocycles. The summed E-state index contributed by atoms with van der Waals surface area (Å²) in [7, 11) is -3.89. The smallest absolute Gasteiger partial charge is 0.329 e. The van der Waals surface area contributed by atoms with Crippen molar-refractivity contribution in [1.82, 2.24) is 19.6 Å².